The van der Waals surface area contributed by atoms with E-state index in [1.165, 1.54) is 13.2 Å². The van der Waals surface area contributed by atoms with Gasteiger partial charge in [0, 0.05) is 19.6 Å². The lowest BCUT2D eigenvalue weighted by Crippen LogP contribution is -2.38. The SMILES string of the molecule is COc1cc([C@H]2C(C#N)=C(N)Oc3n[nH]c(C(F)(F)F)c32)ccc1OCCN1CCOCC1. The van der Waals surface area contributed by atoms with Crippen molar-refractivity contribution in [3.63, 3.8) is 0 Å². The Morgan fingerprint density at radius 1 is 1.30 bits per heavy atom. The number of nitrogens with two attached hydrogens (primary N) is 1. The molecule has 1 atom stereocenters. The van der Waals surface area contributed by atoms with Crippen molar-refractivity contribution in [2.75, 3.05) is 46.6 Å². The van der Waals surface area contributed by atoms with Crippen molar-refractivity contribution in [2.45, 2.75) is 12.1 Å². The molecule has 1 fully saturated rings. The molecule has 3 N–H and O–H groups in total. The number of allylic oxidation sites excluding steroid dienone is 1. The van der Waals surface area contributed by atoms with Gasteiger partial charge in [-0.3, -0.25) is 10.00 Å². The maximum absolute atomic E-state index is 13.6. The Morgan fingerprint density at radius 3 is 2.73 bits per heavy atom. The van der Waals surface area contributed by atoms with Gasteiger partial charge in [-0.1, -0.05) is 6.07 Å². The van der Waals surface area contributed by atoms with E-state index in [9.17, 15) is 18.4 Å². The fraction of sp³-hybridized carbons (Fsp3) is 0.429. The molecule has 2 aliphatic heterocycles. The van der Waals surface area contributed by atoms with E-state index in [4.69, 9.17) is 24.7 Å². The largest absolute Gasteiger partial charge is 0.493 e. The van der Waals surface area contributed by atoms with Crippen LogP contribution in [0.3, 0.4) is 0 Å². The molecule has 0 bridgehead atoms. The number of benzene rings is 1. The number of aromatic amines is 1. The first kappa shape index (κ1) is 22.8. The molecule has 33 heavy (non-hydrogen) atoms. The highest BCUT2D eigenvalue weighted by Gasteiger charge is 2.44. The molecular weight excluding hydrogens is 443 g/mol. The van der Waals surface area contributed by atoms with Gasteiger partial charge >= 0.3 is 6.18 Å². The zero-order chi connectivity index (χ0) is 23.6. The number of aromatic nitrogens is 2. The van der Waals surface area contributed by atoms with Gasteiger partial charge in [0.1, 0.15) is 23.9 Å². The van der Waals surface area contributed by atoms with Crippen LogP contribution >= 0.6 is 0 Å². The molecule has 0 saturated carbocycles. The normalized spacial score (nSPS) is 18.9. The first-order valence-corrected chi connectivity index (χ1v) is 10.2. The van der Waals surface area contributed by atoms with Crippen molar-refractivity contribution in [3.8, 4) is 23.4 Å². The van der Waals surface area contributed by atoms with Crippen LogP contribution in [-0.2, 0) is 10.9 Å². The number of fused-ring (bicyclic) bond motifs is 1. The number of hydrogen-bond donors (Lipinski definition) is 2. The lowest BCUT2D eigenvalue weighted by Gasteiger charge is -2.27. The fourth-order valence-electron chi connectivity index (χ4n) is 3.89. The summed E-state index contributed by atoms with van der Waals surface area (Å²) in [6.45, 7) is 4.09. The van der Waals surface area contributed by atoms with Crippen molar-refractivity contribution in [3.05, 3.63) is 46.5 Å². The molecule has 0 spiro atoms. The summed E-state index contributed by atoms with van der Waals surface area (Å²) in [6, 6.07) is 6.57. The van der Waals surface area contributed by atoms with E-state index in [0.717, 1.165) is 13.1 Å². The molecule has 2 aliphatic rings. The Morgan fingerprint density at radius 2 is 2.06 bits per heavy atom. The number of halogens is 3. The Hall–Kier alpha value is -3.43. The minimum Gasteiger partial charge on any atom is -0.493 e. The average Bonchev–Trinajstić information content (AvgIpc) is 3.23. The van der Waals surface area contributed by atoms with Gasteiger partial charge in [0.2, 0.25) is 11.8 Å². The summed E-state index contributed by atoms with van der Waals surface area (Å²) < 4.78 is 62.6. The monoisotopic (exact) mass is 465 g/mol. The lowest BCUT2D eigenvalue weighted by molar-refractivity contribution is -0.141. The predicted octanol–water partition coefficient (Wildman–Crippen LogP) is 2.37. The van der Waals surface area contributed by atoms with E-state index < -0.39 is 17.8 Å². The Kier molecular flexibility index (Phi) is 6.35. The number of alkyl halides is 3. The Balaban J connectivity index is 1.64. The highest BCUT2D eigenvalue weighted by Crippen LogP contribution is 2.48. The van der Waals surface area contributed by atoms with Crippen LogP contribution in [0.2, 0.25) is 0 Å². The van der Waals surface area contributed by atoms with Crippen LogP contribution in [0.4, 0.5) is 13.2 Å². The fourth-order valence-corrected chi connectivity index (χ4v) is 3.89. The summed E-state index contributed by atoms with van der Waals surface area (Å²) in [5.74, 6) is -1.03. The summed E-state index contributed by atoms with van der Waals surface area (Å²) in [4.78, 5) is 2.21. The number of morpholine rings is 1. The van der Waals surface area contributed by atoms with Crippen molar-refractivity contribution in [1.29, 1.82) is 5.26 Å². The number of H-pyrrole nitrogens is 1. The summed E-state index contributed by atoms with van der Waals surface area (Å²) in [5.41, 5.74) is 4.60. The quantitative estimate of drug-likeness (QED) is 0.668. The molecule has 176 valence electrons. The molecule has 12 heteroatoms. The number of ether oxygens (including phenoxy) is 4. The molecule has 1 aromatic heterocycles. The maximum atomic E-state index is 13.6. The van der Waals surface area contributed by atoms with Gasteiger partial charge in [-0.15, -0.1) is 5.10 Å². The van der Waals surface area contributed by atoms with Gasteiger partial charge in [-0.25, -0.2) is 0 Å². The number of nitrogens with zero attached hydrogens (tertiary/aromatic N) is 3. The van der Waals surface area contributed by atoms with E-state index in [0.29, 0.717) is 43.4 Å². The third-order valence-corrected chi connectivity index (χ3v) is 5.51. The van der Waals surface area contributed by atoms with Crippen molar-refractivity contribution in [1.82, 2.24) is 15.1 Å². The summed E-state index contributed by atoms with van der Waals surface area (Å²) in [6.07, 6.45) is -4.73. The molecule has 9 nitrogen and oxygen atoms in total. The first-order valence-electron chi connectivity index (χ1n) is 10.2. The second-order valence-electron chi connectivity index (χ2n) is 7.45. The van der Waals surface area contributed by atoms with Gasteiger partial charge in [-0.2, -0.15) is 18.4 Å². The average molecular weight is 465 g/mol. The minimum absolute atomic E-state index is 0.155. The lowest BCUT2D eigenvalue weighted by atomic mass is 9.83. The summed E-state index contributed by atoms with van der Waals surface area (Å²) >= 11 is 0. The highest BCUT2D eigenvalue weighted by atomic mass is 19.4. The minimum atomic E-state index is -4.73. The van der Waals surface area contributed by atoms with E-state index in [1.807, 2.05) is 11.2 Å². The molecule has 0 amide bonds. The molecule has 1 aromatic carbocycles. The van der Waals surface area contributed by atoms with Gasteiger partial charge in [-0.05, 0) is 17.7 Å². The number of rotatable bonds is 6. The van der Waals surface area contributed by atoms with E-state index in [2.05, 4.69) is 10.00 Å². The molecule has 1 saturated heterocycles. The molecule has 4 rings (SSSR count). The van der Waals surface area contributed by atoms with E-state index >= 15 is 0 Å². The molecule has 2 aromatic rings. The predicted molar refractivity (Wildman–Crippen MR) is 109 cm³/mol. The smallest absolute Gasteiger partial charge is 0.433 e. The molecule has 0 radical (unpaired) electrons. The molecular formula is C21H22F3N5O4. The van der Waals surface area contributed by atoms with Crippen LogP contribution in [0.1, 0.15) is 22.7 Å². The van der Waals surface area contributed by atoms with E-state index in [1.54, 1.807) is 12.1 Å². The molecule has 0 unspecified atom stereocenters. The second kappa shape index (κ2) is 9.21. The van der Waals surface area contributed by atoms with Gasteiger partial charge in [0.05, 0.1) is 31.8 Å². The number of hydrogen-bond acceptors (Lipinski definition) is 8. The third kappa shape index (κ3) is 4.55. The highest BCUT2D eigenvalue weighted by molar-refractivity contribution is 5.57. The number of nitrogens with one attached hydrogen (secondary N) is 1. The van der Waals surface area contributed by atoms with Gasteiger partial charge in [0.15, 0.2) is 11.5 Å². The summed E-state index contributed by atoms with van der Waals surface area (Å²) in [7, 11) is 1.43. The zero-order valence-corrected chi connectivity index (χ0v) is 17.7. The van der Waals surface area contributed by atoms with Crippen LogP contribution < -0.4 is 19.9 Å². The van der Waals surface area contributed by atoms with Crippen LogP contribution in [0.15, 0.2) is 29.7 Å². The van der Waals surface area contributed by atoms with Gasteiger partial charge < -0.3 is 24.7 Å². The molecule has 0 aliphatic carbocycles. The van der Waals surface area contributed by atoms with Crippen LogP contribution in [-0.4, -0.2) is 61.7 Å². The van der Waals surface area contributed by atoms with Crippen molar-refractivity contribution < 1.29 is 32.1 Å². The number of methoxy groups -OCH3 is 1. The summed E-state index contributed by atoms with van der Waals surface area (Å²) in [5, 5.41) is 15.2. The standard InChI is InChI=1S/C21H22F3N5O4/c1-30-15-10-12(2-3-14(15)32-9-6-29-4-7-31-8-5-29)16-13(11-25)19(26)33-20-17(16)18(27-28-20)21(22,23)24/h2-3,10,16H,4-9,26H2,1H3,(H,27,28)/t16-/m0/s1. The van der Waals surface area contributed by atoms with Crippen LogP contribution in [0, 0.1) is 11.3 Å². The van der Waals surface area contributed by atoms with Crippen LogP contribution in [0.5, 0.6) is 17.4 Å². The van der Waals surface area contributed by atoms with Gasteiger partial charge in [0.25, 0.3) is 0 Å². The van der Waals surface area contributed by atoms with Crippen molar-refractivity contribution >= 4 is 0 Å². The Labute approximate surface area is 187 Å². The maximum Gasteiger partial charge on any atom is 0.433 e. The Bertz CT molecular complexity index is 1090. The topological polar surface area (TPSA) is 119 Å². The van der Waals surface area contributed by atoms with Crippen molar-refractivity contribution in [2.24, 2.45) is 5.73 Å². The zero-order valence-electron chi connectivity index (χ0n) is 17.7. The second-order valence-corrected chi connectivity index (χ2v) is 7.45. The first-order chi connectivity index (χ1) is 15.8. The molecule has 3 heterocycles. The van der Waals surface area contributed by atoms with E-state index in [-0.39, 0.29) is 22.9 Å². The van der Waals surface area contributed by atoms with Crippen LogP contribution in [0.25, 0.3) is 0 Å². The third-order valence-electron chi connectivity index (χ3n) is 5.51. The number of nitriles is 1.